The number of phenols is 1. The molecule has 1 aliphatic rings. The van der Waals surface area contributed by atoms with Gasteiger partial charge in [0.05, 0.1) is 19.0 Å². The van der Waals surface area contributed by atoms with Crippen LogP contribution in [0.4, 0.5) is 10.6 Å². The molecule has 3 heterocycles. The summed E-state index contributed by atoms with van der Waals surface area (Å²) in [6.07, 6.45) is -3.65. The Morgan fingerprint density at radius 2 is 1.85 bits per heavy atom. The average molecular weight is 560 g/mol. The number of aliphatic hydroxyl groups excluding tert-OH is 3. The minimum Gasteiger partial charge on any atom is -0.508 e. The standard InChI is InChI=1S/C25H33N7O8/c1-25(2,3)40-24(38)30-14(8-12-4-6-13(34)7-5-12)22(37)31-16-15(9-33)39-23(19(36)18(16)35)32-21-17-20(27-10-26-17)28-11-29-21/h4-7,10-11,14-16,18-19,23,33-36H,8-9H2,1-3H3,(H,30,38)(H,31,37)(H2,26,27,28,29,32)/t14-,15-,16-,18+,19-,23-/m0/s1. The Morgan fingerprint density at radius 3 is 2.52 bits per heavy atom. The van der Waals surface area contributed by atoms with Crippen molar-refractivity contribution in [2.45, 2.75) is 69.4 Å². The molecule has 40 heavy (non-hydrogen) atoms. The van der Waals surface area contributed by atoms with Gasteiger partial charge in [0, 0.05) is 6.42 Å². The van der Waals surface area contributed by atoms with Crippen LogP contribution in [0.5, 0.6) is 5.75 Å². The first-order chi connectivity index (χ1) is 18.9. The lowest BCUT2D eigenvalue weighted by atomic mass is 9.94. The van der Waals surface area contributed by atoms with Crippen molar-refractivity contribution < 1.29 is 39.5 Å². The van der Waals surface area contributed by atoms with Gasteiger partial charge in [0.2, 0.25) is 5.91 Å². The summed E-state index contributed by atoms with van der Waals surface area (Å²) in [7, 11) is 0. The van der Waals surface area contributed by atoms with Crippen LogP contribution in [0.3, 0.4) is 0 Å². The van der Waals surface area contributed by atoms with E-state index in [0.717, 1.165) is 0 Å². The Morgan fingerprint density at radius 1 is 1.12 bits per heavy atom. The van der Waals surface area contributed by atoms with Gasteiger partial charge in [-0.05, 0) is 38.5 Å². The first-order valence-corrected chi connectivity index (χ1v) is 12.6. The third kappa shape index (κ3) is 6.93. The number of aliphatic hydroxyl groups is 3. The number of alkyl carbamates (subject to hydrolysis) is 1. The number of carbonyl (C=O) groups is 2. The molecule has 15 heteroatoms. The average Bonchev–Trinajstić information content (AvgIpc) is 3.38. The normalized spacial score (nSPS) is 23.8. The van der Waals surface area contributed by atoms with Crippen molar-refractivity contribution in [1.29, 1.82) is 0 Å². The van der Waals surface area contributed by atoms with Crippen LogP contribution < -0.4 is 16.0 Å². The fourth-order valence-electron chi connectivity index (χ4n) is 4.22. The number of anilines is 1. The second kappa shape index (κ2) is 12.0. The molecular formula is C25H33N7O8. The summed E-state index contributed by atoms with van der Waals surface area (Å²) in [5.41, 5.74) is 0.599. The summed E-state index contributed by atoms with van der Waals surface area (Å²) in [4.78, 5) is 40.9. The molecule has 3 aromatic rings. The zero-order valence-electron chi connectivity index (χ0n) is 22.1. The van der Waals surface area contributed by atoms with Gasteiger partial charge >= 0.3 is 6.09 Å². The number of benzene rings is 1. The molecule has 4 rings (SSSR count). The number of fused-ring (bicyclic) bond motifs is 1. The molecule has 0 unspecified atom stereocenters. The second-order valence-electron chi connectivity index (χ2n) is 10.3. The lowest BCUT2D eigenvalue weighted by Crippen LogP contribution is -2.67. The van der Waals surface area contributed by atoms with Crippen LogP contribution >= 0.6 is 0 Å². The number of amides is 2. The number of aromatic nitrogens is 4. The van der Waals surface area contributed by atoms with Gasteiger partial charge in [-0.2, -0.15) is 0 Å². The Bertz CT molecular complexity index is 1310. The molecule has 1 aliphatic heterocycles. The third-order valence-electron chi connectivity index (χ3n) is 6.12. The summed E-state index contributed by atoms with van der Waals surface area (Å²) >= 11 is 0. The first kappa shape index (κ1) is 28.9. The molecule has 1 fully saturated rings. The van der Waals surface area contributed by atoms with Crippen molar-refractivity contribution >= 4 is 29.0 Å². The first-order valence-electron chi connectivity index (χ1n) is 12.6. The number of ether oxygens (including phenoxy) is 2. The molecule has 2 aromatic heterocycles. The summed E-state index contributed by atoms with van der Waals surface area (Å²) in [6.45, 7) is 4.41. The van der Waals surface area contributed by atoms with E-state index >= 15 is 0 Å². The Labute approximate surface area is 229 Å². The lowest BCUT2D eigenvalue weighted by Gasteiger charge is -2.43. The van der Waals surface area contributed by atoms with E-state index < -0.39 is 60.8 Å². The minimum absolute atomic E-state index is 0.0133. The zero-order chi connectivity index (χ0) is 29.0. The summed E-state index contributed by atoms with van der Waals surface area (Å²) in [5.74, 6) is -0.447. The predicted octanol–water partition coefficient (Wildman–Crippen LogP) is -0.470. The van der Waals surface area contributed by atoms with E-state index in [4.69, 9.17) is 9.47 Å². The van der Waals surface area contributed by atoms with E-state index in [1.165, 1.54) is 24.8 Å². The van der Waals surface area contributed by atoms with Crippen molar-refractivity contribution in [2.75, 3.05) is 11.9 Å². The third-order valence-corrected chi connectivity index (χ3v) is 6.12. The highest BCUT2D eigenvalue weighted by Gasteiger charge is 2.46. The summed E-state index contributed by atoms with van der Waals surface area (Å²) in [5, 5.41) is 49.4. The number of hydrogen-bond donors (Lipinski definition) is 8. The molecule has 6 atom stereocenters. The van der Waals surface area contributed by atoms with Crippen molar-refractivity contribution in [3.05, 3.63) is 42.5 Å². The van der Waals surface area contributed by atoms with Crippen LogP contribution in [0.25, 0.3) is 11.2 Å². The predicted molar refractivity (Wildman–Crippen MR) is 140 cm³/mol. The van der Waals surface area contributed by atoms with Gasteiger partial charge in [0.25, 0.3) is 0 Å². The maximum absolute atomic E-state index is 13.4. The molecule has 2 amide bonds. The largest absolute Gasteiger partial charge is 0.508 e. The summed E-state index contributed by atoms with van der Waals surface area (Å²) in [6, 6.07) is 3.64. The number of hydrogen-bond acceptors (Lipinski definition) is 12. The topological polar surface area (TPSA) is 224 Å². The van der Waals surface area contributed by atoms with Crippen LogP contribution in [0.1, 0.15) is 26.3 Å². The Balaban J connectivity index is 1.49. The number of imidazole rings is 1. The number of rotatable bonds is 8. The van der Waals surface area contributed by atoms with Crippen molar-refractivity contribution in [3.63, 3.8) is 0 Å². The van der Waals surface area contributed by atoms with Gasteiger partial charge in [-0.25, -0.2) is 19.7 Å². The molecule has 216 valence electrons. The number of aromatic hydroxyl groups is 1. The highest BCUT2D eigenvalue weighted by molar-refractivity contribution is 5.86. The van der Waals surface area contributed by atoms with E-state index in [0.29, 0.717) is 16.7 Å². The van der Waals surface area contributed by atoms with Crippen LogP contribution in [0.2, 0.25) is 0 Å². The molecule has 0 bridgehead atoms. The highest BCUT2D eigenvalue weighted by Crippen LogP contribution is 2.25. The van der Waals surface area contributed by atoms with Crippen molar-refractivity contribution in [1.82, 2.24) is 30.6 Å². The summed E-state index contributed by atoms with van der Waals surface area (Å²) < 4.78 is 11.1. The van der Waals surface area contributed by atoms with Gasteiger partial charge in [-0.15, -0.1) is 0 Å². The van der Waals surface area contributed by atoms with Gasteiger partial charge in [-0.1, -0.05) is 12.1 Å². The van der Waals surface area contributed by atoms with Crippen LogP contribution in [-0.4, -0.2) is 101 Å². The highest BCUT2D eigenvalue weighted by atomic mass is 16.6. The number of H-pyrrole nitrogens is 1. The molecule has 0 radical (unpaired) electrons. The molecule has 1 aromatic carbocycles. The van der Waals surface area contributed by atoms with Crippen molar-refractivity contribution in [2.24, 2.45) is 0 Å². The van der Waals surface area contributed by atoms with Gasteiger partial charge < -0.3 is 50.8 Å². The quantitative estimate of drug-likeness (QED) is 0.175. The van der Waals surface area contributed by atoms with E-state index in [9.17, 15) is 30.0 Å². The molecular weight excluding hydrogens is 526 g/mol. The zero-order valence-corrected chi connectivity index (χ0v) is 22.1. The molecule has 0 aliphatic carbocycles. The smallest absolute Gasteiger partial charge is 0.408 e. The molecule has 15 nitrogen and oxygen atoms in total. The van der Waals surface area contributed by atoms with Crippen LogP contribution in [0, 0.1) is 0 Å². The molecule has 8 N–H and O–H groups in total. The van der Waals surface area contributed by atoms with E-state index in [1.54, 1.807) is 32.9 Å². The Hall–Kier alpha value is -4.05. The number of carbonyl (C=O) groups excluding carboxylic acids is 2. The van der Waals surface area contributed by atoms with Gasteiger partial charge in [-0.3, -0.25) is 4.79 Å². The SMILES string of the molecule is CC(C)(C)OC(=O)N[C@@H](Cc1ccc(O)cc1)C(=O)N[C@@H]1[C@@H](O)[C@H](O)[C@@H](Nc2ncnc3nc[nH]c23)O[C@H]1CO. The van der Waals surface area contributed by atoms with E-state index in [-0.39, 0.29) is 18.0 Å². The Kier molecular flexibility index (Phi) is 8.68. The number of nitrogens with zero attached hydrogens (tertiary/aromatic N) is 3. The fraction of sp³-hybridized carbons (Fsp3) is 0.480. The molecule has 0 saturated carbocycles. The number of aromatic amines is 1. The van der Waals surface area contributed by atoms with Gasteiger partial charge in [0.1, 0.15) is 47.5 Å². The minimum atomic E-state index is -1.58. The lowest BCUT2D eigenvalue weighted by molar-refractivity contribution is -0.185. The van der Waals surface area contributed by atoms with Crippen molar-refractivity contribution in [3.8, 4) is 5.75 Å². The monoisotopic (exact) mass is 559 g/mol. The maximum Gasteiger partial charge on any atom is 0.408 e. The number of phenolic OH excluding ortho intramolecular Hbond substituents is 1. The molecule has 0 spiro atoms. The van der Waals surface area contributed by atoms with Crippen LogP contribution in [0.15, 0.2) is 36.9 Å². The maximum atomic E-state index is 13.4. The van der Waals surface area contributed by atoms with E-state index in [2.05, 4.69) is 35.9 Å². The number of nitrogens with one attached hydrogen (secondary N) is 4. The second-order valence-corrected chi connectivity index (χ2v) is 10.3. The fourth-order valence-corrected chi connectivity index (χ4v) is 4.22. The van der Waals surface area contributed by atoms with E-state index in [1.807, 2.05) is 0 Å². The molecule has 1 saturated heterocycles. The van der Waals surface area contributed by atoms with Crippen LogP contribution in [-0.2, 0) is 20.7 Å². The van der Waals surface area contributed by atoms with Gasteiger partial charge in [0.15, 0.2) is 17.7 Å².